The summed E-state index contributed by atoms with van der Waals surface area (Å²) < 4.78 is 1.89. The van der Waals surface area contributed by atoms with E-state index in [9.17, 15) is 9.59 Å². The molecule has 4 nitrogen and oxygen atoms in total. The van der Waals surface area contributed by atoms with Crippen LogP contribution in [0.25, 0.3) is 0 Å². The first-order valence-electron chi connectivity index (χ1n) is 6.34. The summed E-state index contributed by atoms with van der Waals surface area (Å²) in [7, 11) is 0. The molecule has 1 aromatic rings. The normalized spacial score (nSPS) is 22.2. The van der Waals surface area contributed by atoms with Gasteiger partial charge in [-0.05, 0) is 25.7 Å². The van der Waals surface area contributed by atoms with Crippen LogP contribution in [0.15, 0.2) is 29.6 Å². The fourth-order valence-electron chi connectivity index (χ4n) is 2.74. The van der Waals surface area contributed by atoms with Gasteiger partial charge >= 0.3 is 0 Å². The molecule has 1 aromatic heterocycles. The van der Waals surface area contributed by atoms with Crippen molar-refractivity contribution in [2.45, 2.75) is 31.7 Å². The van der Waals surface area contributed by atoms with Crippen LogP contribution in [0.5, 0.6) is 0 Å². The fourth-order valence-corrected chi connectivity index (χ4v) is 2.74. The van der Waals surface area contributed by atoms with Gasteiger partial charge in [-0.1, -0.05) is 12.2 Å². The maximum absolute atomic E-state index is 12.5. The number of Topliss-reactive ketones (excluding diaryl/α,β-unsaturated/α-hetero) is 2. The lowest BCUT2D eigenvalue weighted by Gasteiger charge is -2.20. The maximum Gasteiger partial charge on any atom is 0.214 e. The molecular weight excluding hydrogens is 228 g/mol. The SMILES string of the molecule is O=C1C2=CCCC=C2C(=O)c2c1ncn2C1CC1. The second-order valence-corrected chi connectivity index (χ2v) is 5.05. The average Bonchev–Trinajstić information content (AvgIpc) is 3.15. The molecule has 0 spiro atoms. The van der Waals surface area contributed by atoms with Gasteiger partial charge < -0.3 is 4.57 Å². The van der Waals surface area contributed by atoms with Crippen molar-refractivity contribution in [3.63, 3.8) is 0 Å². The molecule has 1 fully saturated rings. The Morgan fingerprint density at radius 1 is 1.06 bits per heavy atom. The van der Waals surface area contributed by atoms with Gasteiger partial charge in [-0.2, -0.15) is 0 Å². The summed E-state index contributed by atoms with van der Waals surface area (Å²) >= 11 is 0. The van der Waals surface area contributed by atoms with Gasteiger partial charge in [-0.15, -0.1) is 0 Å². The molecule has 18 heavy (non-hydrogen) atoms. The fraction of sp³-hybridized carbons (Fsp3) is 0.357. The second-order valence-electron chi connectivity index (χ2n) is 5.05. The van der Waals surface area contributed by atoms with E-state index >= 15 is 0 Å². The predicted octanol–water partition coefficient (Wildman–Crippen LogP) is 2.24. The Bertz CT molecular complexity index is 645. The number of hydrogen-bond donors (Lipinski definition) is 0. The van der Waals surface area contributed by atoms with Gasteiger partial charge in [0.25, 0.3) is 0 Å². The summed E-state index contributed by atoms with van der Waals surface area (Å²) in [5, 5.41) is 0. The summed E-state index contributed by atoms with van der Waals surface area (Å²) in [6.45, 7) is 0. The van der Waals surface area contributed by atoms with Crippen molar-refractivity contribution in [3.05, 3.63) is 41.0 Å². The Morgan fingerprint density at radius 3 is 2.39 bits per heavy atom. The van der Waals surface area contributed by atoms with E-state index in [0.29, 0.717) is 28.6 Å². The molecule has 0 unspecified atom stereocenters. The van der Waals surface area contributed by atoms with Gasteiger partial charge in [0, 0.05) is 17.2 Å². The average molecular weight is 240 g/mol. The lowest BCUT2D eigenvalue weighted by Crippen LogP contribution is -2.25. The number of fused-ring (bicyclic) bond motifs is 2. The molecule has 3 aliphatic rings. The van der Waals surface area contributed by atoms with Crippen LogP contribution < -0.4 is 0 Å². The van der Waals surface area contributed by atoms with E-state index in [-0.39, 0.29) is 11.6 Å². The summed E-state index contributed by atoms with van der Waals surface area (Å²) in [5.41, 5.74) is 1.99. The number of imidazole rings is 1. The molecule has 1 saturated carbocycles. The third-order valence-corrected chi connectivity index (χ3v) is 3.81. The number of carbonyl (C=O) groups excluding carboxylic acids is 2. The van der Waals surface area contributed by atoms with E-state index in [0.717, 1.165) is 25.7 Å². The smallest absolute Gasteiger partial charge is 0.214 e. The molecule has 0 aromatic carbocycles. The Kier molecular flexibility index (Phi) is 1.82. The van der Waals surface area contributed by atoms with Crippen LogP contribution in [0.3, 0.4) is 0 Å². The van der Waals surface area contributed by atoms with Gasteiger partial charge in [0.05, 0.1) is 6.33 Å². The van der Waals surface area contributed by atoms with Crippen molar-refractivity contribution in [2.24, 2.45) is 0 Å². The van der Waals surface area contributed by atoms with Crippen molar-refractivity contribution in [1.29, 1.82) is 0 Å². The quantitative estimate of drug-likeness (QED) is 0.756. The number of nitrogens with zero attached hydrogens (tertiary/aromatic N) is 2. The number of hydrogen-bond acceptors (Lipinski definition) is 3. The summed E-state index contributed by atoms with van der Waals surface area (Å²) in [6, 6.07) is 0.368. The number of aromatic nitrogens is 2. The summed E-state index contributed by atoms with van der Waals surface area (Å²) in [6.07, 6.45) is 9.23. The van der Waals surface area contributed by atoms with Crippen LogP contribution in [0.1, 0.15) is 52.7 Å². The molecule has 4 rings (SSSR count). The Balaban J connectivity index is 1.96. The number of allylic oxidation sites excluding steroid dienone is 4. The largest absolute Gasteiger partial charge is 0.324 e. The minimum Gasteiger partial charge on any atom is -0.324 e. The molecule has 0 bridgehead atoms. The van der Waals surface area contributed by atoms with E-state index in [1.165, 1.54) is 0 Å². The zero-order valence-corrected chi connectivity index (χ0v) is 9.85. The highest BCUT2D eigenvalue weighted by Crippen LogP contribution is 2.40. The van der Waals surface area contributed by atoms with E-state index in [1.54, 1.807) is 6.33 Å². The summed E-state index contributed by atoms with van der Waals surface area (Å²) in [5.74, 6) is -0.116. The highest BCUT2D eigenvalue weighted by Gasteiger charge is 2.39. The molecule has 4 heteroatoms. The third kappa shape index (κ3) is 1.17. The molecule has 0 amide bonds. The van der Waals surface area contributed by atoms with Gasteiger partial charge in [0.2, 0.25) is 11.6 Å². The third-order valence-electron chi connectivity index (χ3n) is 3.81. The first-order valence-corrected chi connectivity index (χ1v) is 6.34. The molecule has 0 N–H and O–H groups in total. The number of ketones is 2. The van der Waals surface area contributed by atoms with E-state index in [1.807, 2.05) is 16.7 Å². The summed E-state index contributed by atoms with van der Waals surface area (Å²) in [4.78, 5) is 29.0. The molecular formula is C14H12N2O2. The monoisotopic (exact) mass is 240 g/mol. The Morgan fingerprint density at radius 2 is 1.72 bits per heavy atom. The molecule has 0 radical (unpaired) electrons. The topological polar surface area (TPSA) is 52.0 Å². The van der Waals surface area contributed by atoms with Gasteiger partial charge in [0.1, 0.15) is 11.4 Å². The van der Waals surface area contributed by atoms with Crippen LogP contribution >= 0.6 is 0 Å². The van der Waals surface area contributed by atoms with Crippen LogP contribution in [0, 0.1) is 0 Å². The molecule has 0 atom stereocenters. The predicted molar refractivity (Wildman–Crippen MR) is 64.6 cm³/mol. The lowest BCUT2D eigenvalue weighted by molar-refractivity contribution is 0.0963. The van der Waals surface area contributed by atoms with E-state index in [4.69, 9.17) is 0 Å². The van der Waals surface area contributed by atoms with Crippen LogP contribution in [-0.2, 0) is 0 Å². The Hall–Kier alpha value is -1.97. The minimum atomic E-state index is -0.0880. The highest BCUT2D eigenvalue weighted by atomic mass is 16.1. The lowest BCUT2D eigenvalue weighted by atomic mass is 9.84. The van der Waals surface area contributed by atoms with Crippen molar-refractivity contribution < 1.29 is 9.59 Å². The zero-order valence-electron chi connectivity index (χ0n) is 9.85. The molecule has 1 heterocycles. The molecule has 3 aliphatic carbocycles. The molecule has 0 aliphatic heterocycles. The van der Waals surface area contributed by atoms with E-state index < -0.39 is 0 Å². The van der Waals surface area contributed by atoms with Crippen LogP contribution in [0.4, 0.5) is 0 Å². The van der Waals surface area contributed by atoms with Crippen molar-refractivity contribution in [2.75, 3.05) is 0 Å². The standard InChI is InChI=1S/C14H12N2O2/c17-13-9-3-1-2-4-10(9)14(18)12-11(13)15-7-16(12)8-5-6-8/h3-4,7-8H,1-2,5-6H2. The second kappa shape index (κ2) is 3.28. The Labute approximate surface area is 104 Å². The zero-order chi connectivity index (χ0) is 12.3. The van der Waals surface area contributed by atoms with Gasteiger partial charge in [-0.3, -0.25) is 9.59 Å². The molecule has 0 saturated heterocycles. The van der Waals surface area contributed by atoms with Crippen LogP contribution in [0.2, 0.25) is 0 Å². The van der Waals surface area contributed by atoms with Gasteiger partial charge in [-0.25, -0.2) is 4.98 Å². The van der Waals surface area contributed by atoms with Gasteiger partial charge in [0.15, 0.2) is 0 Å². The minimum absolute atomic E-state index is 0.0278. The van der Waals surface area contributed by atoms with Crippen molar-refractivity contribution >= 4 is 11.6 Å². The van der Waals surface area contributed by atoms with Crippen molar-refractivity contribution in [3.8, 4) is 0 Å². The molecule has 90 valence electrons. The first-order chi connectivity index (χ1) is 8.77. The highest BCUT2D eigenvalue weighted by molar-refractivity contribution is 6.30. The number of rotatable bonds is 1. The first kappa shape index (κ1) is 10.00. The van der Waals surface area contributed by atoms with Crippen molar-refractivity contribution in [1.82, 2.24) is 9.55 Å². The van der Waals surface area contributed by atoms with E-state index in [2.05, 4.69) is 4.98 Å². The van der Waals surface area contributed by atoms with Crippen LogP contribution in [-0.4, -0.2) is 21.1 Å². The number of carbonyl (C=O) groups is 2. The maximum atomic E-state index is 12.5.